The van der Waals surface area contributed by atoms with E-state index >= 15 is 0 Å². The maximum atomic E-state index is 12.1. The van der Waals surface area contributed by atoms with Crippen molar-refractivity contribution in [1.29, 1.82) is 0 Å². The third-order valence-corrected chi connectivity index (χ3v) is 5.35. The highest BCUT2D eigenvalue weighted by Crippen LogP contribution is 2.26. The number of hydrogen-bond donors (Lipinski definition) is 2. The summed E-state index contributed by atoms with van der Waals surface area (Å²) in [5.41, 5.74) is 7.22. The Labute approximate surface area is 114 Å². The summed E-state index contributed by atoms with van der Waals surface area (Å²) in [6, 6.07) is 6.39. The number of nitrogens with two attached hydrogens (primary N) is 1. The standard InChI is InChI=1S/C11H11ClN2O2S2/c1-7-4-8(12)2-3-10(7)14-18(15,16)11-5-9(13)6-17-11/h2-6,14H,13H2,1H3. The molecule has 0 saturated heterocycles. The number of halogens is 1. The molecule has 1 aromatic heterocycles. The van der Waals surface area contributed by atoms with Crippen LogP contribution in [0.1, 0.15) is 5.56 Å². The average Bonchev–Trinajstić information content (AvgIpc) is 2.70. The Hall–Kier alpha value is -1.24. The minimum absolute atomic E-state index is 0.189. The van der Waals surface area contributed by atoms with Gasteiger partial charge in [0.2, 0.25) is 0 Å². The molecule has 0 atom stereocenters. The van der Waals surface area contributed by atoms with E-state index in [9.17, 15) is 8.42 Å². The second kappa shape index (κ2) is 4.79. The highest BCUT2D eigenvalue weighted by Gasteiger charge is 2.17. The SMILES string of the molecule is Cc1cc(Cl)ccc1NS(=O)(=O)c1cc(N)cs1. The number of hydrogen-bond acceptors (Lipinski definition) is 4. The Morgan fingerprint density at radius 1 is 1.33 bits per heavy atom. The molecule has 0 spiro atoms. The zero-order valence-corrected chi connectivity index (χ0v) is 11.9. The quantitative estimate of drug-likeness (QED) is 0.915. The Kier molecular flexibility index (Phi) is 3.52. The van der Waals surface area contributed by atoms with Crippen molar-refractivity contribution in [3.05, 3.63) is 40.2 Å². The first-order valence-corrected chi connectivity index (χ1v) is 7.75. The van der Waals surface area contributed by atoms with Crippen LogP contribution in [0.5, 0.6) is 0 Å². The number of benzene rings is 1. The van der Waals surface area contributed by atoms with E-state index in [0.717, 1.165) is 16.9 Å². The minimum atomic E-state index is -3.58. The molecule has 0 aliphatic heterocycles. The van der Waals surface area contributed by atoms with Gasteiger partial charge in [0.25, 0.3) is 10.0 Å². The molecule has 0 saturated carbocycles. The summed E-state index contributed by atoms with van der Waals surface area (Å²) < 4.78 is 26.8. The van der Waals surface area contributed by atoms with Gasteiger partial charge in [0.1, 0.15) is 4.21 Å². The Bertz CT molecular complexity index is 680. The Morgan fingerprint density at radius 3 is 2.61 bits per heavy atom. The van der Waals surface area contributed by atoms with E-state index in [0.29, 0.717) is 16.4 Å². The molecule has 2 rings (SSSR count). The molecule has 0 aliphatic rings. The molecule has 0 fully saturated rings. The molecular formula is C11H11ClN2O2S2. The number of rotatable bonds is 3. The van der Waals surface area contributed by atoms with Crippen LogP contribution in [0.3, 0.4) is 0 Å². The first-order valence-electron chi connectivity index (χ1n) is 5.01. The topological polar surface area (TPSA) is 72.2 Å². The number of thiophene rings is 1. The molecule has 3 N–H and O–H groups in total. The lowest BCUT2D eigenvalue weighted by molar-refractivity contribution is 0.603. The van der Waals surface area contributed by atoms with Crippen LogP contribution in [0.2, 0.25) is 5.02 Å². The minimum Gasteiger partial charge on any atom is -0.398 e. The number of nitrogen functional groups attached to an aromatic ring is 1. The first-order chi connectivity index (χ1) is 8.38. The van der Waals surface area contributed by atoms with Gasteiger partial charge >= 0.3 is 0 Å². The molecule has 0 aliphatic carbocycles. The summed E-state index contributed by atoms with van der Waals surface area (Å²) in [5, 5.41) is 2.15. The van der Waals surface area contributed by atoms with Crippen molar-refractivity contribution in [3.8, 4) is 0 Å². The first kappa shape index (κ1) is 13.2. The summed E-state index contributed by atoms with van der Waals surface area (Å²) in [7, 11) is -3.58. The van der Waals surface area contributed by atoms with Gasteiger partial charge in [0.15, 0.2) is 0 Å². The van der Waals surface area contributed by atoms with Gasteiger partial charge < -0.3 is 5.73 Å². The fourth-order valence-corrected chi connectivity index (χ4v) is 3.85. The van der Waals surface area contributed by atoms with Gasteiger partial charge in [-0.1, -0.05) is 11.6 Å². The fraction of sp³-hybridized carbons (Fsp3) is 0.0909. The van der Waals surface area contributed by atoms with Crippen LogP contribution in [-0.4, -0.2) is 8.42 Å². The van der Waals surface area contributed by atoms with Gasteiger partial charge in [0, 0.05) is 16.1 Å². The van der Waals surface area contributed by atoms with Crippen LogP contribution >= 0.6 is 22.9 Å². The van der Waals surface area contributed by atoms with Crippen LogP contribution < -0.4 is 10.5 Å². The predicted molar refractivity (Wildman–Crippen MR) is 75.7 cm³/mol. The molecule has 1 heterocycles. The summed E-state index contributed by atoms with van der Waals surface area (Å²) in [6.07, 6.45) is 0. The van der Waals surface area contributed by atoms with Crippen LogP contribution in [-0.2, 0) is 10.0 Å². The van der Waals surface area contributed by atoms with Gasteiger partial charge in [-0.25, -0.2) is 8.42 Å². The second-order valence-corrected chi connectivity index (χ2v) is 7.02. The van der Waals surface area contributed by atoms with Crippen LogP contribution in [0, 0.1) is 6.92 Å². The van der Waals surface area contributed by atoms with Crippen molar-refractivity contribution in [2.45, 2.75) is 11.1 Å². The van der Waals surface area contributed by atoms with Gasteiger partial charge in [-0.3, -0.25) is 4.72 Å². The van der Waals surface area contributed by atoms with E-state index in [1.165, 1.54) is 6.07 Å². The Morgan fingerprint density at radius 2 is 2.06 bits per heavy atom. The molecule has 2 aromatic rings. The van der Waals surface area contributed by atoms with E-state index in [2.05, 4.69) is 4.72 Å². The zero-order valence-electron chi connectivity index (χ0n) is 9.48. The van der Waals surface area contributed by atoms with E-state index in [1.54, 1.807) is 30.5 Å². The van der Waals surface area contributed by atoms with Crippen molar-refractivity contribution >= 4 is 44.3 Å². The molecule has 0 amide bonds. The average molecular weight is 303 g/mol. The zero-order chi connectivity index (χ0) is 13.3. The highest BCUT2D eigenvalue weighted by molar-refractivity contribution is 7.94. The molecule has 0 bridgehead atoms. The summed E-state index contributed by atoms with van der Waals surface area (Å²) in [5.74, 6) is 0. The van der Waals surface area contributed by atoms with E-state index in [1.807, 2.05) is 0 Å². The lowest BCUT2D eigenvalue weighted by Gasteiger charge is -2.09. The van der Waals surface area contributed by atoms with Crippen molar-refractivity contribution in [3.63, 3.8) is 0 Å². The lowest BCUT2D eigenvalue weighted by atomic mass is 10.2. The summed E-state index contributed by atoms with van der Waals surface area (Å²) in [6.45, 7) is 1.78. The van der Waals surface area contributed by atoms with Gasteiger partial charge in [-0.05, 0) is 36.8 Å². The van der Waals surface area contributed by atoms with Crippen molar-refractivity contribution < 1.29 is 8.42 Å². The smallest absolute Gasteiger partial charge is 0.271 e. The fourth-order valence-electron chi connectivity index (χ4n) is 1.41. The van der Waals surface area contributed by atoms with Gasteiger partial charge in [0.05, 0.1) is 5.69 Å². The molecule has 7 heteroatoms. The Balaban J connectivity index is 2.33. The van der Waals surface area contributed by atoms with Crippen molar-refractivity contribution in [2.24, 2.45) is 0 Å². The van der Waals surface area contributed by atoms with Gasteiger partial charge in [-0.2, -0.15) is 0 Å². The molecule has 0 radical (unpaired) electrons. The number of nitrogens with one attached hydrogen (secondary N) is 1. The third kappa shape index (κ3) is 2.77. The highest BCUT2D eigenvalue weighted by atomic mass is 35.5. The van der Waals surface area contributed by atoms with E-state index < -0.39 is 10.0 Å². The number of sulfonamides is 1. The molecular weight excluding hydrogens is 292 g/mol. The number of anilines is 2. The van der Waals surface area contributed by atoms with E-state index in [4.69, 9.17) is 17.3 Å². The molecule has 18 heavy (non-hydrogen) atoms. The monoisotopic (exact) mass is 302 g/mol. The third-order valence-electron chi connectivity index (χ3n) is 2.29. The lowest BCUT2D eigenvalue weighted by Crippen LogP contribution is -2.12. The van der Waals surface area contributed by atoms with Crippen molar-refractivity contribution in [2.75, 3.05) is 10.5 Å². The van der Waals surface area contributed by atoms with Crippen LogP contribution in [0.4, 0.5) is 11.4 Å². The van der Waals surface area contributed by atoms with Crippen LogP contribution in [0.25, 0.3) is 0 Å². The second-order valence-electron chi connectivity index (χ2n) is 3.76. The summed E-state index contributed by atoms with van der Waals surface area (Å²) in [4.78, 5) is 0. The maximum absolute atomic E-state index is 12.1. The molecule has 4 nitrogen and oxygen atoms in total. The molecule has 96 valence electrons. The number of aryl methyl sites for hydroxylation is 1. The largest absolute Gasteiger partial charge is 0.398 e. The predicted octanol–water partition coefficient (Wildman–Crippen LogP) is 3.09. The molecule has 0 unspecified atom stereocenters. The molecule has 1 aromatic carbocycles. The van der Waals surface area contributed by atoms with Crippen molar-refractivity contribution in [1.82, 2.24) is 0 Å². The van der Waals surface area contributed by atoms with Crippen LogP contribution in [0.15, 0.2) is 33.9 Å². The van der Waals surface area contributed by atoms with E-state index in [-0.39, 0.29) is 4.21 Å². The maximum Gasteiger partial charge on any atom is 0.271 e. The van der Waals surface area contributed by atoms with Gasteiger partial charge in [-0.15, -0.1) is 11.3 Å². The summed E-state index contributed by atoms with van der Waals surface area (Å²) >= 11 is 6.90. The normalized spacial score (nSPS) is 11.4.